The minimum Gasteiger partial charge on any atom is -0.326 e. The number of nitrogens with one attached hydrogen (secondary N) is 3. The molecule has 32 heavy (non-hydrogen) atoms. The minimum atomic E-state index is -0.519. The van der Waals surface area contributed by atoms with Gasteiger partial charge in [0.2, 0.25) is 11.8 Å². The number of anilines is 3. The Balaban J connectivity index is 1.70. The van der Waals surface area contributed by atoms with Crippen molar-refractivity contribution in [1.29, 1.82) is 0 Å². The van der Waals surface area contributed by atoms with E-state index in [1.54, 1.807) is 30.3 Å². The van der Waals surface area contributed by atoms with Crippen molar-refractivity contribution in [2.45, 2.75) is 27.3 Å². The maximum Gasteiger partial charge on any atom is 0.276 e. The molecule has 0 atom stereocenters. The number of carbonyl (C=O) groups excluding carboxylic acids is 3. The monoisotopic (exact) mass is 433 g/mol. The zero-order valence-corrected chi connectivity index (χ0v) is 17.9. The summed E-state index contributed by atoms with van der Waals surface area (Å²) in [6.07, 6.45) is 0. The molecule has 0 radical (unpaired) electrons. The van der Waals surface area contributed by atoms with E-state index in [0.717, 1.165) is 15.8 Å². The topological polar surface area (TPSA) is 122 Å². The van der Waals surface area contributed by atoms with Gasteiger partial charge in [-0.2, -0.15) is 5.10 Å². The van der Waals surface area contributed by atoms with Crippen LogP contribution in [0.25, 0.3) is 0 Å². The van der Waals surface area contributed by atoms with Crippen LogP contribution < -0.4 is 21.5 Å². The molecule has 0 spiro atoms. The molecule has 1 heterocycles. The van der Waals surface area contributed by atoms with Crippen molar-refractivity contribution in [3.05, 3.63) is 81.8 Å². The average molecular weight is 433 g/mol. The Hall–Kier alpha value is -4.27. The molecule has 3 rings (SSSR count). The van der Waals surface area contributed by atoms with E-state index in [1.807, 2.05) is 26.0 Å². The molecular weight excluding hydrogens is 410 g/mol. The van der Waals surface area contributed by atoms with Gasteiger partial charge in [0.25, 0.3) is 11.5 Å². The van der Waals surface area contributed by atoms with E-state index in [9.17, 15) is 19.2 Å². The van der Waals surface area contributed by atoms with Crippen LogP contribution in [-0.2, 0) is 16.1 Å². The summed E-state index contributed by atoms with van der Waals surface area (Å²) in [5.74, 6) is -1.24. The fraction of sp³-hybridized carbons (Fsp3) is 0.174. The minimum absolute atomic E-state index is 0.00304. The van der Waals surface area contributed by atoms with Gasteiger partial charge < -0.3 is 16.0 Å². The van der Waals surface area contributed by atoms with Gasteiger partial charge in [-0.3, -0.25) is 19.2 Å². The molecule has 2 aromatic carbocycles. The van der Waals surface area contributed by atoms with Gasteiger partial charge >= 0.3 is 0 Å². The molecule has 1 aromatic heterocycles. The Morgan fingerprint density at radius 2 is 1.53 bits per heavy atom. The van der Waals surface area contributed by atoms with Gasteiger partial charge in [0.05, 0.1) is 0 Å². The third-order valence-corrected chi connectivity index (χ3v) is 4.62. The van der Waals surface area contributed by atoms with Crippen LogP contribution in [0.1, 0.15) is 28.5 Å². The molecule has 0 fully saturated rings. The number of aromatic nitrogens is 2. The highest BCUT2D eigenvalue weighted by Crippen LogP contribution is 2.16. The smallest absolute Gasteiger partial charge is 0.276 e. The second kappa shape index (κ2) is 9.69. The standard InChI is InChI=1S/C23H23N5O4/c1-14-7-8-19(11-15(14)2)26-23(32)20-9-10-22(31)28(27-20)13-21(30)25-18-6-4-5-17(12-18)24-16(3)29/h4-12H,13H2,1-3H3,(H,24,29)(H,25,30)(H,26,32). The van der Waals surface area contributed by atoms with Crippen LogP contribution in [-0.4, -0.2) is 27.5 Å². The number of benzene rings is 2. The van der Waals surface area contributed by atoms with Gasteiger partial charge in [-0.25, -0.2) is 4.68 Å². The lowest BCUT2D eigenvalue weighted by Crippen LogP contribution is -2.31. The molecule has 0 unspecified atom stereocenters. The largest absolute Gasteiger partial charge is 0.326 e. The van der Waals surface area contributed by atoms with Crippen molar-refractivity contribution in [3.63, 3.8) is 0 Å². The molecule has 0 aliphatic rings. The molecule has 0 aliphatic carbocycles. The van der Waals surface area contributed by atoms with Crippen LogP contribution in [0.3, 0.4) is 0 Å². The summed E-state index contributed by atoms with van der Waals surface area (Å²) >= 11 is 0. The SMILES string of the molecule is CC(=O)Nc1cccc(NC(=O)Cn2nc(C(=O)Nc3ccc(C)c(C)c3)ccc2=O)c1. The first-order valence-electron chi connectivity index (χ1n) is 9.85. The van der Waals surface area contributed by atoms with Crippen molar-refractivity contribution in [2.24, 2.45) is 0 Å². The van der Waals surface area contributed by atoms with Gasteiger partial charge in [0, 0.05) is 30.1 Å². The Kier molecular flexibility index (Phi) is 6.79. The van der Waals surface area contributed by atoms with Crippen molar-refractivity contribution in [1.82, 2.24) is 9.78 Å². The molecule has 3 N–H and O–H groups in total. The number of nitrogens with zero attached hydrogens (tertiary/aromatic N) is 2. The predicted octanol–water partition coefficient (Wildman–Crippen LogP) is 2.71. The molecule has 3 aromatic rings. The van der Waals surface area contributed by atoms with E-state index in [0.29, 0.717) is 17.1 Å². The van der Waals surface area contributed by atoms with Crippen molar-refractivity contribution < 1.29 is 14.4 Å². The zero-order valence-electron chi connectivity index (χ0n) is 17.9. The maximum atomic E-state index is 12.6. The van der Waals surface area contributed by atoms with E-state index in [2.05, 4.69) is 21.0 Å². The molecule has 3 amide bonds. The number of carbonyl (C=O) groups is 3. The third-order valence-electron chi connectivity index (χ3n) is 4.62. The third kappa shape index (κ3) is 5.88. The van der Waals surface area contributed by atoms with Crippen molar-refractivity contribution in [2.75, 3.05) is 16.0 Å². The van der Waals surface area contributed by atoms with Gasteiger partial charge in [0.15, 0.2) is 0 Å². The van der Waals surface area contributed by atoms with E-state index < -0.39 is 17.4 Å². The first kappa shape index (κ1) is 22.4. The lowest BCUT2D eigenvalue weighted by Gasteiger charge is -2.10. The van der Waals surface area contributed by atoms with Crippen LogP contribution >= 0.6 is 0 Å². The fourth-order valence-electron chi connectivity index (χ4n) is 2.91. The summed E-state index contributed by atoms with van der Waals surface area (Å²) in [4.78, 5) is 48.3. The van der Waals surface area contributed by atoms with Crippen LogP contribution in [0.4, 0.5) is 17.1 Å². The van der Waals surface area contributed by atoms with E-state index in [1.165, 1.54) is 19.1 Å². The second-order valence-electron chi connectivity index (χ2n) is 7.28. The molecule has 9 nitrogen and oxygen atoms in total. The maximum absolute atomic E-state index is 12.6. The summed E-state index contributed by atoms with van der Waals surface area (Å²) in [5.41, 5.74) is 3.18. The highest BCUT2D eigenvalue weighted by Gasteiger charge is 2.13. The molecule has 9 heteroatoms. The average Bonchev–Trinajstić information content (AvgIpc) is 2.72. The quantitative estimate of drug-likeness (QED) is 0.552. The highest BCUT2D eigenvalue weighted by molar-refractivity contribution is 6.02. The lowest BCUT2D eigenvalue weighted by atomic mass is 10.1. The summed E-state index contributed by atoms with van der Waals surface area (Å²) in [6.45, 7) is 4.91. The highest BCUT2D eigenvalue weighted by atomic mass is 16.2. The van der Waals surface area contributed by atoms with E-state index in [4.69, 9.17) is 0 Å². The molecule has 0 saturated carbocycles. The first-order valence-corrected chi connectivity index (χ1v) is 9.85. The number of aryl methyl sites for hydroxylation is 2. The second-order valence-corrected chi connectivity index (χ2v) is 7.28. The molecule has 0 bridgehead atoms. The predicted molar refractivity (Wildman–Crippen MR) is 122 cm³/mol. The summed E-state index contributed by atoms with van der Waals surface area (Å²) in [7, 11) is 0. The Bertz CT molecular complexity index is 1250. The first-order chi connectivity index (χ1) is 15.2. The Morgan fingerprint density at radius 3 is 2.22 bits per heavy atom. The molecule has 0 aliphatic heterocycles. The van der Waals surface area contributed by atoms with Gasteiger partial charge in [-0.15, -0.1) is 0 Å². The lowest BCUT2D eigenvalue weighted by molar-refractivity contribution is -0.117. The number of hydrogen-bond donors (Lipinski definition) is 3. The van der Waals surface area contributed by atoms with Crippen LogP contribution in [0.15, 0.2) is 59.4 Å². The van der Waals surface area contributed by atoms with Gasteiger partial charge in [-0.1, -0.05) is 12.1 Å². The van der Waals surface area contributed by atoms with E-state index >= 15 is 0 Å². The molecule has 164 valence electrons. The Morgan fingerprint density at radius 1 is 0.844 bits per heavy atom. The zero-order chi connectivity index (χ0) is 23.3. The van der Waals surface area contributed by atoms with Crippen LogP contribution in [0, 0.1) is 13.8 Å². The normalized spacial score (nSPS) is 10.3. The Labute approximate surface area is 184 Å². The van der Waals surface area contributed by atoms with Crippen LogP contribution in [0.2, 0.25) is 0 Å². The molecular formula is C23H23N5O4. The van der Waals surface area contributed by atoms with E-state index in [-0.39, 0.29) is 18.1 Å². The van der Waals surface area contributed by atoms with Gasteiger partial charge in [0.1, 0.15) is 12.2 Å². The summed E-state index contributed by atoms with van der Waals surface area (Å²) < 4.78 is 0.919. The summed E-state index contributed by atoms with van der Waals surface area (Å²) in [6, 6.07) is 14.6. The van der Waals surface area contributed by atoms with Crippen LogP contribution in [0.5, 0.6) is 0 Å². The van der Waals surface area contributed by atoms with Crippen molar-refractivity contribution in [3.8, 4) is 0 Å². The van der Waals surface area contributed by atoms with Crippen molar-refractivity contribution >= 4 is 34.8 Å². The summed E-state index contributed by atoms with van der Waals surface area (Å²) in [5, 5.41) is 12.0. The van der Waals surface area contributed by atoms with Gasteiger partial charge in [-0.05, 0) is 61.4 Å². The molecule has 0 saturated heterocycles. The fourth-order valence-corrected chi connectivity index (χ4v) is 2.91. The number of rotatable bonds is 6. The number of hydrogen-bond acceptors (Lipinski definition) is 5. The number of amides is 3.